The summed E-state index contributed by atoms with van der Waals surface area (Å²) in [5, 5.41) is 41.3. The molecule has 0 fully saturated rings. The number of hydrogen-bond acceptors (Lipinski definition) is 4. The van der Waals surface area contributed by atoms with Gasteiger partial charge in [-0.15, -0.1) is 0 Å². The van der Waals surface area contributed by atoms with Crippen LogP contribution in [0.3, 0.4) is 0 Å². The average molecular weight is 251 g/mol. The van der Waals surface area contributed by atoms with Crippen LogP contribution in [0.1, 0.15) is 5.56 Å². The number of rotatable bonds is 3. The first kappa shape index (κ1) is 13.6. The van der Waals surface area contributed by atoms with E-state index in [1.54, 1.807) is 19.2 Å². The van der Waals surface area contributed by atoms with Crippen molar-refractivity contribution >= 4 is 11.9 Å². The summed E-state index contributed by atoms with van der Waals surface area (Å²) < 4.78 is 0. The van der Waals surface area contributed by atoms with Crippen LogP contribution in [-0.2, 0) is 6.42 Å². The zero-order chi connectivity index (χ0) is 13.5. The van der Waals surface area contributed by atoms with Gasteiger partial charge in [0.25, 0.3) is 0 Å². The lowest BCUT2D eigenvalue weighted by Crippen LogP contribution is -2.45. The fourth-order valence-corrected chi connectivity index (χ4v) is 1.33. The fourth-order valence-electron chi connectivity index (χ4n) is 1.33. The predicted molar refractivity (Wildman–Crippen MR) is 69.1 cm³/mol. The molecule has 0 aliphatic carbocycles. The van der Waals surface area contributed by atoms with Crippen molar-refractivity contribution < 1.29 is 10.2 Å². The Hall–Kier alpha value is -2.44. The van der Waals surface area contributed by atoms with E-state index in [1.165, 1.54) is 6.07 Å². The molecule has 98 valence electrons. The Kier molecular flexibility index (Phi) is 4.79. The Morgan fingerprint density at radius 1 is 1.22 bits per heavy atom. The quantitative estimate of drug-likeness (QED) is 0.230. The molecule has 0 unspecified atom stereocenters. The molecule has 0 radical (unpaired) electrons. The van der Waals surface area contributed by atoms with Crippen molar-refractivity contribution in [3.8, 4) is 11.5 Å². The first-order valence-electron chi connectivity index (χ1n) is 5.40. The minimum Gasteiger partial charge on any atom is -0.504 e. The van der Waals surface area contributed by atoms with Crippen LogP contribution in [0.25, 0.3) is 0 Å². The van der Waals surface area contributed by atoms with Gasteiger partial charge in [-0.05, 0) is 18.1 Å². The van der Waals surface area contributed by atoms with E-state index in [1.807, 2.05) is 0 Å². The van der Waals surface area contributed by atoms with E-state index in [4.69, 9.17) is 10.8 Å². The maximum Gasteiger partial charge on any atom is 0.195 e. The summed E-state index contributed by atoms with van der Waals surface area (Å²) in [5.74, 6) is -0.277. The molecule has 0 heterocycles. The highest BCUT2D eigenvalue weighted by molar-refractivity contribution is 5.95. The first-order chi connectivity index (χ1) is 8.54. The topological polar surface area (TPSA) is 124 Å². The lowest BCUT2D eigenvalue weighted by molar-refractivity contribution is 0.399. The number of phenols is 2. The summed E-state index contributed by atoms with van der Waals surface area (Å²) in [6.07, 6.45) is 0.456. The largest absolute Gasteiger partial charge is 0.504 e. The van der Waals surface area contributed by atoms with Crippen molar-refractivity contribution in [1.82, 2.24) is 16.0 Å². The van der Waals surface area contributed by atoms with Gasteiger partial charge in [-0.2, -0.15) is 0 Å². The fraction of sp³-hybridized carbons (Fsp3) is 0.273. The second-order valence-corrected chi connectivity index (χ2v) is 3.59. The van der Waals surface area contributed by atoms with Gasteiger partial charge in [-0.1, -0.05) is 12.1 Å². The zero-order valence-electron chi connectivity index (χ0n) is 10.0. The van der Waals surface area contributed by atoms with Crippen molar-refractivity contribution in [2.45, 2.75) is 6.42 Å². The molecule has 7 N–H and O–H groups in total. The van der Waals surface area contributed by atoms with Gasteiger partial charge in [0.1, 0.15) is 0 Å². The van der Waals surface area contributed by atoms with Gasteiger partial charge >= 0.3 is 0 Å². The SMILES string of the molecule is CNC(=N)NC(=N)NCCc1cccc(O)c1O. The van der Waals surface area contributed by atoms with E-state index in [0.29, 0.717) is 18.5 Å². The van der Waals surface area contributed by atoms with Gasteiger partial charge in [0, 0.05) is 13.6 Å². The number of benzene rings is 1. The number of nitrogens with one attached hydrogen (secondary N) is 5. The number of guanidine groups is 2. The lowest BCUT2D eigenvalue weighted by Gasteiger charge is -2.11. The smallest absolute Gasteiger partial charge is 0.195 e. The van der Waals surface area contributed by atoms with E-state index >= 15 is 0 Å². The zero-order valence-corrected chi connectivity index (χ0v) is 10.0. The van der Waals surface area contributed by atoms with Crippen molar-refractivity contribution in [2.24, 2.45) is 0 Å². The van der Waals surface area contributed by atoms with Crippen LogP contribution in [0.5, 0.6) is 11.5 Å². The van der Waals surface area contributed by atoms with Gasteiger partial charge in [-0.3, -0.25) is 16.1 Å². The summed E-state index contributed by atoms with van der Waals surface area (Å²) >= 11 is 0. The Bertz CT molecular complexity index is 447. The molecule has 0 saturated heterocycles. The Morgan fingerprint density at radius 3 is 2.61 bits per heavy atom. The van der Waals surface area contributed by atoms with Gasteiger partial charge in [0.15, 0.2) is 23.4 Å². The molecule has 0 bridgehead atoms. The molecule has 0 aromatic heterocycles. The van der Waals surface area contributed by atoms with E-state index in [2.05, 4.69) is 16.0 Å². The highest BCUT2D eigenvalue weighted by Gasteiger charge is 2.05. The summed E-state index contributed by atoms with van der Waals surface area (Å²) in [5.41, 5.74) is 0.596. The standard InChI is InChI=1S/C11H17N5O2/c1-14-10(12)16-11(13)15-6-5-7-3-2-4-8(17)9(7)18/h2-4,17-18H,5-6H2,1H3,(H5,12,13,14,15,16). The third kappa shape index (κ3) is 3.85. The van der Waals surface area contributed by atoms with Crippen LogP contribution in [0.4, 0.5) is 0 Å². The Morgan fingerprint density at radius 2 is 1.94 bits per heavy atom. The third-order valence-corrected chi connectivity index (χ3v) is 2.29. The minimum atomic E-state index is -0.155. The molecule has 18 heavy (non-hydrogen) atoms. The van der Waals surface area contributed by atoms with Crippen molar-refractivity contribution in [3.63, 3.8) is 0 Å². The lowest BCUT2D eigenvalue weighted by atomic mass is 10.1. The van der Waals surface area contributed by atoms with Crippen LogP contribution in [0, 0.1) is 10.8 Å². The van der Waals surface area contributed by atoms with Crippen LogP contribution in [0.15, 0.2) is 18.2 Å². The normalized spacial score (nSPS) is 9.61. The predicted octanol–water partition coefficient (Wildman–Crippen LogP) is -0.0916. The summed E-state index contributed by atoms with van der Waals surface area (Å²) in [7, 11) is 1.58. The first-order valence-corrected chi connectivity index (χ1v) is 5.40. The van der Waals surface area contributed by atoms with Crippen molar-refractivity contribution in [3.05, 3.63) is 23.8 Å². The molecule has 0 aliphatic heterocycles. The van der Waals surface area contributed by atoms with E-state index < -0.39 is 0 Å². The number of hydrogen-bond donors (Lipinski definition) is 7. The summed E-state index contributed by atoms with van der Waals surface area (Å²) in [6.45, 7) is 0.403. The van der Waals surface area contributed by atoms with Gasteiger partial charge in [0.2, 0.25) is 0 Å². The molecule has 7 nitrogen and oxygen atoms in total. The molecular formula is C11H17N5O2. The molecule has 0 amide bonds. The van der Waals surface area contributed by atoms with Gasteiger partial charge in [0.05, 0.1) is 0 Å². The number of para-hydroxylation sites is 1. The van der Waals surface area contributed by atoms with Crippen LogP contribution >= 0.6 is 0 Å². The summed E-state index contributed by atoms with van der Waals surface area (Å²) in [4.78, 5) is 0. The number of aromatic hydroxyl groups is 2. The van der Waals surface area contributed by atoms with Crippen molar-refractivity contribution in [1.29, 1.82) is 10.8 Å². The van der Waals surface area contributed by atoms with E-state index in [9.17, 15) is 10.2 Å². The third-order valence-electron chi connectivity index (χ3n) is 2.29. The minimum absolute atomic E-state index is 0.00556. The van der Waals surface area contributed by atoms with Crippen LogP contribution in [0.2, 0.25) is 0 Å². The summed E-state index contributed by atoms with van der Waals surface area (Å²) in [6, 6.07) is 4.75. The van der Waals surface area contributed by atoms with Crippen molar-refractivity contribution in [2.75, 3.05) is 13.6 Å². The average Bonchev–Trinajstić information content (AvgIpc) is 2.34. The maximum absolute atomic E-state index is 9.56. The maximum atomic E-state index is 9.56. The molecule has 7 heteroatoms. The molecule has 1 rings (SSSR count). The highest BCUT2D eigenvalue weighted by Crippen LogP contribution is 2.28. The highest BCUT2D eigenvalue weighted by atomic mass is 16.3. The Balaban J connectivity index is 2.40. The monoisotopic (exact) mass is 251 g/mol. The van der Waals surface area contributed by atoms with Crippen LogP contribution in [-0.4, -0.2) is 35.7 Å². The molecule has 0 saturated carbocycles. The number of phenolic OH excluding ortho intramolecular Hbond substituents is 2. The Labute approximate surface area is 105 Å². The second-order valence-electron chi connectivity index (χ2n) is 3.59. The molecule has 1 aromatic carbocycles. The molecular weight excluding hydrogens is 234 g/mol. The van der Waals surface area contributed by atoms with Gasteiger partial charge < -0.3 is 20.8 Å². The molecule has 0 spiro atoms. The van der Waals surface area contributed by atoms with E-state index in [0.717, 1.165) is 0 Å². The molecule has 0 atom stereocenters. The second kappa shape index (κ2) is 6.33. The van der Waals surface area contributed by atoms with Crippen LogP contribution < -0.4 is 16.0 Å². The van der Waals surface area contributed by atoms with Gasteiger partial charge in [-0.25, -0.2) is 0 Å². The molecule has 1 aromatic rings. The van der Waals surface area contributed by atoms with E-state index in [-0.39, 0.29) is 23.4 Å². The molecule has 0 aliphatic rings.